The van der Waals surface area contributed by atoms with Crippen LogP contribution in [0.4, 0.5) is 4.39 Å². The van der Waals surface area contributed by atoms with Crippen molar-refractivity contribution in [2.45, 2.75) is 12.8 Å². The van der Waals surface area contributed by atoms with Crippen molar-refractivity contribution >= 4 is 5.91 Å². The van der Waals surface area contributed by atoms with Gasteiger partial charge in [-0.15, -0.1) is 10.2 Å². The molecule has 0 radical (unpaired) electrons. The fourth-order valence-corrected chi connectivity index (χ4v) is 1.65. The molecular weight excluding hydrogens is 265 g/mol. The summed E-state index contributed by atoms with van der Waals surface area (Å²) in [5, 5.41) is 16.0. The van der Waals surface area contributed by atoms with Crippen molar-refractivity contribution in [3.05, 3.63) is 35.4 Å². The average molecular weight is 279 g/mol. The molecule has 1 amide bonds. The van der Waals surface area contributed by atoms with Crippen molar-refractivity contribution in [3.63, 3.8) is 0 Å². The lowest BCUT2D eigenvalue weighted by atomic mass is 10.1. The average Bonchev–Trinajstić information content (AvgIpc) is 2.99. The molecule has 0 unspecified atom stereocenters. The Morgan fingerprint density at radius 3 is 3.00 bits per heavy atom. The van der Waals surface area contributed by atoms with Crippen LogP contribution in [-0.2, 0) is 0 Å². The number of aromatic amines is 1. The van der Waals surface area contributed by atoms with Crippen LogP contribution in [0.5, 0.6) is 5.75 Å². The smallest absolute Gasteiger partial charge is 0.254 e. The number of nitrogens with zero attached hydrogens (tertiary/aromatic N) is 3. The Kier molecular flexibility index (Phi) is 4.24. The molecule has 2 aromatic rings. The van der Waals surface area contributed by atoms with Crippen LogP contribution < -0.4 is 10.1 Å². The molecule has 0 saturated heterocycles. The maximum atomic E-state index is 13.9. The molecule has 1 aromatic carbocycles. The van der Waals surface area contributed by atoms with Gasteiger partial charge < -0.3 is 10.1 Å². The minimum atomic E-state index is -0.681. The van der Waals surface area contributed by atoms with Crippen molar-refractivity contribution in [1.29, 1.82) is 0 Å². The lowest BCUT2D eigenvalue weighted by Crippen LogP contribution is -2.28. The topological polar surface area (TPSA) is 92.8 Å². The molecule has 0 saturated carbocycles. The maximum absolute atomic E-state index is 13.9. The van der Waals surface area contributed by atoms with E-state index in [0.717, 1.165) is 0 Å². The number of ether oxygens (including phenoxy) is 1. The van der Waals surface area contributed by atoms with Crippen LogP contribution in [0, 0.1) is 5.82 Å². The molecule has 20 heavy (non-hydrogen) atoms. The van der Waals surface area contributed by atoms with Crippen LogP contribution in [0.15, 0.2) is 18.2 Å². The summed E-state index contributed by atoms with van der Waals surface area (Å²) in [4.78, 5) is 11.9. The number of aromatic nitrogens is 4. The molecule has 7 nitrogen and oxygen atoms in total. The van der Waals surface area contributed by atoms with Crippen molar-refractivity contribution in [1.82, 2.24) is 25.9 Å². The summed E-state index contributed by atoms with van der Waals surface area (Å²) in [6, 6.07) is 4.40. The number of hydrogen-bond acceptors (Lipinski definition) is 5. The number of benzene rings is 1. The molecule has 106 valence electrons. The van der Waals surface area contributed by atoms with Gasteiger partial charge in [-0.25, -0.2) is 4.39 Å². The van der Waals surface area contributed by atoms with Gasteiger partial charge >= 0.3 is 0 Å². The number of hydrogen-bond donors (Lipinski definition) is 2. The Balaban J connectivity index is 2.02. The summed E-state index contributed by atoms with van der Waals surface area (Å²) in [5.41, 5.74) is -0.0651. The molecule has 0 aliphatic heterocycles. The van der Waals surface area contributed by atoms with Crippen molar-refractivity contribution < 1.29 is 13.9 Å². The van der Waals surface area contributed by atoms with Gasteiger partial charge in [0.2, 0.25) is 0 Å². The van der Waals surface area contributed by atoms with E-state index >= 15 is 0 Å². The Hall–Kier alpha value is -2.51. The lowest BCUT2D eigenvalue weighted by molar-refractivity contribution is 0.0946. The summed E-state index contributed by atoms with van der Waals surface area (Å²) in [6.07, 6.45) is 0. The summed E-state index contributed by atoms with van der Waals surface area (Å²) in [5.74, 6) is -0.817. The predicted molar refractivity (Wildman–Crippen MR) is 67.9 cm³/mol. The molecule has 2 N–H and O–H groups in total. The standard InChI is InChI=1S/C12H14FN5O2/c1-7(11-15-17-18-16-11)6-14-12(19)8-4-3-5-9(20-2)10(8)13/h3-5,7H,6H2,1-2H3,(H,14,19)(H,15,16,17,18)/t7-/m1/s1. The van der Waals surface area contributed by atoms with Gasteiger partial charge in [-0.3, -0.25) is 4.79 Å². The van der Waals surface area contributed by atoms with E-state index in [1.807, 2.05) is 6.92 Å². The fraction of sp³-hybridized carbons (Fsp3) is 0.333. The highest BCUT2D eigenvalue weighted by Crippen LogP contribution is 2.19. The van der Waals surface area contributed by atoms with Crippen LogP contribution in [0.25, 0.3) is 0 Å². The molecule has 0 aliphatic rings. The summed E-state index contributed by atoms with van der Waals surface area (Å²) < 4.78 is 18.7. The number of H-pyrrole nitrogens is 1. The highest BCUT2D eigenvalue weighted by molar-refractivity contribution is 5.94. The quantitative estimate of drug-likeness (QED) is 0.847. The van der Waals surface area contributed by atoms with Gasteiger partial charge in [0, 0.05) is 12.5 Å². The second-order valence-electron chi connectivity index (χ2n) is 4.20. The summed E-state index contributed by atoms with van der Waals surface area (Å²) >= 11 is 0. The molecule has 0 aliphatic carbocycles. The van der Waals surface area contributed by atoms with Crippen molar-refractivity contribution in [3.8, 4) is 5.75 Å². The second kappa shape index (κ2) is 6.09. The van der Waals surface area contributed by atoms with E-state index < -0.39 is 11.7 Å². The third-order valence-corrected chi connectivity index (χ3v) is 2.80. The largest absolute Gasteiger partial charge is 0.494 e. The number of carbonyl (C=O) groups excluding carboxylic acids is 1. The third kappa shape index (κ3) is 2.90. The van der Waals surface area contributed by atoms with Gasteiger partial charge in [0.15, 0.2) is 17.4 Å². The van der Waals surface area contributed by atoms with E-state index in [2.05, 4.69) is 25.9 Å². The van der Waals surface area contributed by atoms with Gasteiger partial charge in [0.25, 0.3) is 5.91 Å². The monoisotopic (exact) mass is 279 g/mol. The third-order valence-electron chi connectivity index (χ3n) is 2.80. The van der Waals surface area contributed by atoms with E-state index in [0.29, 0.717) is 5.82 Å². The zero-order chi connectivity index (χ0) is 14.5. The number of nitrogens with one attached hydrogen (secondary N) is 2. The molecule has 2 rings (SSSR count). The molecule has 8 heteroatoms. The van der Waals surface area contributed by atoms with Crippen LogP contribution >= 0.6 is 0 Å². The summed E-state index contributed by atoms with van der Waals surface area (Å²) in [6.45, 7) is 2.10. The SMILES string of the molecule is COc1cccc(C(=O)NC[C@@H](C)c2nn[nH]n2)c1F. The minimum absolute atomic E-state index is 0.0314. The molecule has 0 spiro atoms. The van der Waals surface area contributed by atoms with Gasteiger partial charge in [-0.1, -0.05) is 18.2 Å². The normalized spacial score (nSPS) is 11.9. The fourth-order valence-electron chi connectivity index (χ4n) is 1.65. The first-order valence-corrected chi connectivity index (χ1v) is 5.97. The number of rotatable bonds is 5. The Bertz CT molecular complexity index is 588. The van der Waals surface area contributed by atoms with Gasteiger partial charge in [-0.05, 0) is 12.1 Å². The maximum Gasteiger partial charge on any atom is 0.254 e. The van der Waals surface area contributed by atoms with E-state index in [1.54, 1.807) is 6.07 Å². The molecular formula is C12H14FN5O2. The zero-order valence-corrected chi connectivity index (χ0v) is 11.1. The highest BCUT2D eigenvalue weighted by Gasteiger charge is 2.17. The summed E-state index contributed by atoms with van der Waals surface area (Å²) in [7, 11) is 1.35. The molecule has 0 fully saturated rings. The number of halogens is 1. The van der Waals surface area contributed by atoms with Gasteiger partial charge in [0.1, 0.15) is 0 Å². The zero-order valence-electron chi connectivity index (χ0n) is 11.1. The number of carbonyl (C=O) groups is 1. The van der Waals surface area contributed by atoms with E-state index in [9.17, 15) is 9.18 Å². The van der Waals surface area contributed by atoms with E-state index in [4.69, 9.17) is 4.74 Å². The highest BCUT2D eigenvalue weighted by atomic mass is 19.1. The minimum Gasteiger partial charge on any atom is -0.494 e. The van der Waals surface area contributed by atoms with Gasteiger partial charge in [0.05, 0.1) is 12.7 Å². The van der Waals surface area contributed by atoms with Crippen LogP contribution in [-0.4, -0.2) is 40.2 Å². The van der Waals surface area contributed by atoms with Crippen LogP contribution in [0.3, 0.4) is 0 Å². The molecule has 0 bridgehead atoms. The van der Waals surface area contributed by atoms with Crippen molar-refractivity contribution in [2.24, 2.45) is 0 Å². The Labute approximate surface area is 114 Å². The first-order valence-electron chi connectivity index (χ1n) is 5.97. The molecule has 1 atom stereocenters. The first kappa shape index (κ1) is 13.9. The lowest BCUT2D eigenvalue weighted by Gasteiger charge is -2.10. The van der Waals surface area contributed by atoms with Gasteiger partial charge in [-0.2, -0.15) is 5.21 Å². The van der Waals surface area contributed by atoms with E-state index in [-0.39, 0.29) is 23.8 Å². The van der Waals surface area contributed by atoms with E-state index in [1.165, 1.54) is 19.2 Å². The molecule has 1 aromatic heterocycles. The first-order chi connectivity index (χ1) is 9.63. The molecule has 1 heterocycles. The van der Waals surface area contributed by atoms with Crippen LogP contribution in [0.1, 0.15) is 29.0 Å². The second-order valence-corrected chi connectivity index (χ2v) is 4.20. The number of amides is 1. The van der Waals surface area contributed by atoms with Crippen molar-refractivity contribution in [2.75, 3.05) is 13.7 Å². The Morgan fingerprint density at radius 2 is 2.35 bits per heavy atom. The Morgan fingerprint density at radius 1 is 1.55 bits per heavy atom. The number of methoxy groups -OCH3 is 1. The predicted octanol–water partition coefficient (Wildman–Crippen LogP) is 0.881. The number of tetrazole rings is 1. The van der Waals surface area contributed by atoms with Crippen LogP contribution in [0.2, 0.25) is 0 Å².